The minimum absolute atomic E-state index is 0.141. The number of benzene rings is 2. The lowest BCUT2D eigenvalue weighted by Crippen LogP contribution is -2.14. The number of fused-ring (bicyclic) bond motifs is 1. The predicted octanol–water partition coefficient (Wildman–Crippen LogP) is 5.53. The van der Waals surface area contributed by atoms with Crippen molar-refractivity contribution in [3.63, 3.8) is 0 Å². The van der Waals surface area contributed by atoms with Crippen LogP contribution in [0, 0.1) is 6.92 Å². The summed E-state index contributed by atoms with van der Waals surface area (Å²) < 4.78 is 6.78. The summed E-state index contributed by atoms with van der Waals surface area (Å²) in [6.07, 6.45) is 0. The Morgan fingerprint density at radius 1 is 1.13 bits per heavy atom. The summed E-state index contributed by atoms with van der Waals surface area (Å²) in [5.41, 5.74) is 9.56. The Morgan fingerprint density at radius 2 is 1.84 bits per heavy atom. The number of aromatic nitrogens is 3. The highest BCUT2D eigenvalue weighted by molar-refractivity contribution is 6.30. The number of azo groups is 1. The van der Waals surface area contributed by atoms with E-state index in [1.807, 2.05) is 30.3 Å². The van der Waals surface area contributed by atoms with Gasteiger partial charge in [0.25, 0.3) is 0 Å². The molecule has 4 aromatic rings. The minimum Gasteiger partial charge on any atom is -0.462 e. The lowest BCUT2D eigenvalue weighted by atomic mass is 10.0. The maximum absolute atomic E-state index is 12.7. The molecule has 0 atom stereocenters. The number of esters is 1. The van der Waals surface area contributed by atoms with E-state index in [9.17, 15) is 4.79 Å². The quantitative estimate of drug-likeness (QED) is 0.328. The zero-order valence-corrected chi connectivity index (χ0v) is 17.7. The van der Waals surface area contributed by atoms with Crippen LogP contribution < -0.4 is 5.73 Å². The second-order valence-electron chi connectivity index (χ2n) is 6.65. The molecular formula is C22H19ClN6O2. The molecule has 0 saturated carbocycles. The number of ether oxygens (including phenoxy) is 1. The van der Waals surface area contributed by atoms with Crippen molar-refractivity contribution in [2.24, 2.45) is 10.2 Å². The second-order valence-corrected chi connectivity index (χ2v) is 7.09. The molecule has 0 unspecified atom stereocenters. The van der Waals surface area contributed by atoms with Gasteiger partial charge in [-0.25, -0.2) is 14.3 Å². The summed E-state index contributed by atoms with van der Waals surface area (Å²) in [4.78, 5) is 17.3. The number of nitrogens with two attached hydrogens (primary N) is 1. The highest BCUT2D eigenvalue weighted by Gasteiger charge is 2.25. The maximum Gasteiger partial charge on any atom is 0.342 e. The number of halogens is 1. The minimum atomic E-state index is -0.480. The molecular weight excluding hydrogens is 416 g/mol. The zero-order valence-electron chi connectivity index (χ0n) is 16.9. The van der Waals surface area contributed by atoms with Crippen LogP contribution >= 0.6 is 11.6 Å². The lowest BCUT2D eigenvalue weighted by Gasteiger charge is -2.13. The van der Waals surface area contributed by atoms with E-state index >= 15 is 0 Å². The van der Waals surface area contributed by atoms with E-state index in [-0.39, 0.29) is 12.4 Å². The van der Waals surface area contributed by atoms with Crippen LogP contribution in [0.5, 0.6) is 0 Å². The van der Waals surface area contributed by atoms with Crippen molar-refractivity contribution in [1.82, 2.24) is 14.6 Å². The van der Waals surface area contributed by atoms with E-state index in [0.29, 0.717) is 39.0 Å². The molecule has 31 heavy (non-hydrogen) atoms. The van der Waals surface area contributed by atoms with Gasteiger partial charge < -0.3 is 10.5 Å². The van der Waals surface area contributed by atoms with E-state index < -0.39 is 5.97 Å². The molecule has 0 saturated heterocycles. The van der Waals surface area contributed by atoms with Crippen LogP contribution in [0.3, 0.4) is 0 Å². The average Bonchev–Trinajstić information content (AvgIpc) is 3.07. The summed E-state index contributed by atoms with van der Waals surface area (Å²) in [6, 6.07) is 16.3. The molecule has 0 bridgehead atoms. The number of aryl methyl sites for hydroxylation is 1. The van der Waals surface area contributed by atoms with E-state index in [0.717, 1.165) is 5.56 Å². The van der Waals surface area contributed by atoms with Crippen molar-refractivity contribution < 1.29 is 9.53 Å². The smallest absolute Gasteiger partial charge is 0.342 e. The molecule has 2 heterocycles. The summed E-state index contributed by atoms with van der Waals surface area (Å²) in [6.45, 7) is 3.73. The van der Waals surface area contributed by atoms with Gasteiger partial charge in [0.1, 0.15) is 5.56 Å². The number of nitrogens with zero attached hydrogens (tertiary/aromatic N) is 5. The summed E-state index contributed by atoms with van der Waals surface area (Å²) in [5.74, 6) is -0.338. The number of hydrogen-bond acceptors (Lipinski definition) is 7. The van der Waals surface area contributed by atoms with Crippen LogP contribution in [0.25, 0.3) is 16.9 Å². The molecule has 8 nitrogen and oxygen atoms in total. The number of nitrogen functional groups attached to an aromatic ring is 1. The normalized spacial score (nSPS) is 11.3. The van der Waals surface area contributed by atoms with Gasteiger partial charge in [-0.05, 0) is 38.1 Å². The second kappa shape index (κ2) is 8.53. The van der Waals surface area contributed by atoms with E-state index in [2.05, 4.69) is 20.3 Å². The number of rotatable bonds is 5. The Balaban J connectivity index is 1.94. The molecule has 0 aliphatic carbocycles. The first-order chi connectivity index (χ1) is 15.0. The van der Waals surface area contributed by atoms with Crippen molar-refractivity contribution in [2.45, 2.75) is 13.8 Å². The molecule has 2 N–H and O–H groups in total. The zero-order chi connectivity index (χ0) is 22.0. The Bertz CT molecular complexity index is 1280. The van der Waals surface area contributed by atoms with Gasteiger partial charge in [0.2, 0.25) is 0 Å². The Labute approximate surface area is 183 Å². The number of hydrogen-bond donors (Lipinski definition) is 1. The van der Waals surface area contributed by atoms with Crippen molar-refractivity contribution in [3.8, 4) is 11.3 Å². The van der Waals surface area contributed by atoms with E-state index in [1.54, 1.807) is 38.1 Å². The summed E-state index contributed by atoms with van der Waals surface area (Å²) in [7, 11) is 0. The predicted molar refractivity (Wildman–Crippen MR) is 119 cm³/mol. The number of carbonyl (C=O) groups excluding carboxylic acids is 1. The number of carbonyl (C=O) groups is 1. The monoisotopic (exact) mass is 434 g/mol. The van der Waals surface area contributed by atoms with Crippen molar-refractivity contribution in [2.75, 3.05) is 12.3 Å². The molecule has 156 valence electrons. The fourth-order valence-electron chi connectivity index (χ4n) is 3.19. The SMILES string of the molecule is CCOC(=O)c1c(C)nc2c(N=Nc3ccc(Cl)cc3)c(N)nn2c1-c1ccccc1. The highest BCUT2D eigenvalue weighted by atomic mass is 35.5. The van der Waals surface area contributed by atoms with Crippen LogP contribution in [0.4, 0.5) is 17.2 Å². The highest BCUT2D eigenvalue weighted by Crippen LogP contribution is 2.34. The molecule has 0 radical (unpaired) electrons. The molecule has 0 spiro atoms. The molecule has 0 aliphatic heterocycles. The van der Waals surface area contributed by atoms with Crippen molar-refractivity contribution >= 4 is 40.4 Å². The van der Waals surface area contributed by atoms with Gasteiger partial charge in [0.05, 0.1) is 23.7 Å². The van der Waals surface area contributed by atoms with Crippen LogP contribution in [0.2, 0.25) is 5.02 Å². The molecule has 9 heteroatoms. The molecule has 2 aromatic heterocycles. The van der Waals surface area contributed by atoms with Crippen LogP contribution in [-0.2, 0) is 4.74 Å². The average molecular weight is 435 g/mol. The Kier molecular flexibility index (Phi) is 5.64. The maximum atomic E-state index is 12.7. The van der Waals surface area contributed by atoms with Gasteiger partial charge >= 0.3 is 5.97 Å². The fraction of sp³-hybridized carbons (Fsp3) is 0.136. The third kappa shape index (κ3) is 3.97. The van der Waals surface area contributed by atoms with Gasteiger partial charge in [-0.2, -0.15) is 5.11 Å². The molecule has 0 amide bonds. The fourth-order valence-corrected chi connectivity index (χ4v) is 3.31. The summed E-state index contributed by atoms with van der Waals surface area (Å²) in [5, 5.41) is 13.5. The standard InChI is InChI=1S/C22H19ClN6O2/c1-3-31-22(30)17-13(2)25-21-18(27-26-16-11-9-15(23)10-12-16)20(24)28-29(21)19(17)14-7-5-4-6-8-14/h4-12H,3H2,1-2H3,(H2,24,28). The van der Waals surface area contributed by atoms with Gasteiger partial charge in [0.15, 0.2) is 17.2 Å². The van der Waals surface area contributed by atoms with Gasteiger partial charge in [-0.1, -0.05) is 41.9 Å². The van der Waals surface area contributed by atoms with Crippen LogP contribution in [-0.4, -0.2) is 27.2 Å². The first kappa shape index (κ1) is 20.5. The first-order valence-electron chi connectivity index (χ1n) is 9.58. The van der Waals surface area contributed by atoms with Gasteiger partial charge in [0, 0.05) is 10.6 Å². The summed E-state index contributed by atoms with van der Waals surface area (Å²) >= 11 is 5.92. The number of anilines is 1. The van der Waals surface area contributed by atoms with Gasteiger partial charge in [-0.15, -0.1) is 10.2 Å². The molecule has 0 aliphatic rings. The Morgan fingerprint density at radius 3 is 2.52 bits per heavy atom. The first-order valence-corrected chi connectivity index (χ1v) is 9.96. The third-order valence-electron chi connectivity index (χ3n) is 4.57. The lowest BCUT2D eigenvalue weighted by molar-refractivity contribution is 0.0525. The van der Waals surface area contributed by atoms with Crippen molar-refractivity contribution in [3.05, 3.63) is 70.9 Å². The van der Waals surface area contributed by atoms with E-state index in [4.69, 9.17) is 22.1 Å². The van der Waals surface area contributed by atoms with E-state index in [1.165, 1.54) is 4.52 Å². The Hall–Kier alpha value is -3.78. The van der Waals surface area contributed by atoms with Crippen LogP contribution in [0.15, 0.2) is 64.8 Å². The largest absolute Gasteiger partial charge is 0.462 e. The van der Waals surface area contributed by atoms with Gasteiger partial charge in [-0.3, -0.25) is 0 Å². The van der Waals surface area contributed by atoms with Crippen molar-refractivity contribution in [1.29, 1.82) is 0 Å². The molecule has 2 aromatic carbocycles. The topological polar surface area (TPSA) is 107 Å². The molecule has 0 fully saturated rings. The third-order valence-corrected chi connectivity index (χ3v) is 4.82. The van der Waals surface area contributed by atoms with Crippen LogP contribution in [0.1, 0.15) is 23.0 Å². The molecule has 4 rings (SSSR count).